The average Bonchev–Trinajstić information content (AvgIpc) is 3.15. The number of aromatic nitrogens is 2. The fourth-order valence-corrected chi connectivity index (χ4v) is 5.77. The van der Waals surface area contributed by atoms with Gasteiger partial charge in [0.05, 0.1) is 6.07 Å². The summed E-state index contributed by atoms with van der Waals surface area (Å²) in [6.45, 7) is 1.64. The summed E-state index contributed by atoms with van der Waals surface area (Å²) in [6, 6.07) is 1.84. The Morgan fingerprint density at radius 2 is 2.30 bits per heavy atom. The Morgan fingerprint density at radius 3 is 2.83 bits per heavy atom. The number of hydrogen-bond acceptors (Lipinski definition) is 11. The third kappa shape index (κ3) is 3.78. The number of hydrogen-bond donors (Lipinski definition) is 2. The van der Waals surface area contributed by atoms with Crippen LogP contribution < -0.4 is 5.32 Å². The monoisotopic (exact) mass is 471 g/mol. The summed E-state index contributed by atoms with van der Waals surface area (Å²) in [6.07, 6.45) is 1.59. The minimum atomic E-state index is -1.73. The lowest BCUT2D eigenvalue weighted by atomic mass is 9.98. The zero-order chi connectivity index (χ0) is 22.1. The standard InChI is InChI=1S/C16H17N5O6S3/c1-7-19-20-15(27-7)30-6-8-5-29-14-16(26-2,18-11(22)9(4-17)28-3)13(25)21(14)10(8)12(23)24/h9,14H,5-6H2,1-3H3,(H,18,22)(H,23,24)/t9?,14-,16-/m0/s1. The van der Waals surface area contributed by atoms with E-state index in [9.17, 15) is 19.5 Å². The number of rotatable bonds is 8. The SMILES string of the molecule is CO[C@@]1(NC(=O)C(C#N)SC)C(=O)N2C(C(=O)O)=C(CSc3nnc(C)o3)CS[C@H]21. The molecule has 3 heterocycles. The number of nitrogens with zero attached hydrogens (tertiary/aromatic N) is 4. The summed E-state index contributed by atoms with van der Waals surface area (Å²) in [5.41, 5.74) is -1.38. The van der Waals surface area contributed by atoms with Gasteiger partial charge >= 0.3 is 5.97 Å². The van der Waals surface area contributed by atoms with E-state index >= 15 is 0 Å². The van der Waals surface area contributed by atoms with Crippen LogP contribution in [-0.2, 0) is 19.1 Å². The van der Waals surface area contributed by atoms with Crippen molar-refractivity contribution in [3.63, 3.8) is 0 Å². The summed E-state index contributed by atoms with van der Waals surface area (Å²) in [7, 11) is 1.25. The van der Waals surface area contributed by atoms with Crippen LogP contribution in [-0.4, -0.2) is 79.2 Å². The van der Waals surface area contributed by atoms with Gasteiger partial charge in [0.25, 0.3) is 16.9 Å². The third-order valence-electron chi connectivity index (χ3n) is 4.41. The highest BCUT2D eigenvalue weighted by molar-refractivity contribution is 8.01. The van der Waals surface area contributed by atoms with Crippen LogP contribution in [0.5, 0.6) is 0 Å². The molecule has 160 valence electrons. The number of methoxy groups -OCH3 is 1. The number of carbonyl (C=O) groups excluding carboxylic acids is 2. The maximum Gasteiger partial charge on any atom is 0.352 e. The van der Waals surface area contributed by atoms with E-state index in [0.29, 0.717) is 22.4 Å². The Bertz CT molecular complexity index is 959. The van der Waals surface area contributed by atoms with Gasteiger partial charge in [0.1, 0.15) is 11.1 Å². The molecule has 1 saturated heterocycles. The van der Waals surface area contributed by atoms with Crippen molar-refractivity contribution < 1.29 is 28.6 Å². The number of carboxylic acid groups (broad SMARTS) is 1. The van der Waals surface area contributed by atoms with Gasteiger partial charge in [0, 0.05) is 25.5 Å². The van der Waals surface area contributed by atoms with Crippen LogP contribution in [0.15, 0.2) is 20.9 Å². The van der Waals surface area contributed by atoms with E-state index in [4.69, 9.17) is 14.4 Å². The van der Waals surface area contributed by atoms with Gasteiger partial charge in [-0.25, -0.2) is 4.79 Å². The number of ether oxygens (including phenoxy) is 1. The van der Waals surface area contributed by atoms with Crippen LogP contribution in [0, 0.1) is 18.3 Å². The van der Waals surface area contributed by atoms with Gasteiger partial charge in [-0.2, -0.15) is 5.26 Å². The van der Waals surface area contributed by atoms with Crippen molar-refractivity contribution in [1.82, 2.24) is 20.4 Å². The van der Waals surface area contributed by atoms with E-state index in [2.05, 4.69) is 15.5 Å². The van der Waals surface area contributed by atoms with Crippen molar-refractivity contribution in [1.29, 1.82) is 5.26 Å². The van der Waals surface area contributed by atoms with Crippen LogP contribution in [0.25, 0.3) is 0 Å². The number of β-lactam (4-membered cyclic amide) rings is 1. The van der Waals surface area contributed by atoms with Crippen LogP contribution in [0.1, 0.15) is 5.89 Å². The van der Waals surface area contributed by atoms with Gasteiger partial charge in [-0.15, -0.1) is 33.7 Å². The summed E-state index contributed by atoms with van der Waals surface area (Å²) in [5, 5.41) is 27.4. The first-order chi connectivity index (χ1) is 14.3. The summed E-state index contributed by atoms with van der Waals surface area (Å²) in [5.74, 6) is -1.72. The van der Waals surface area contributed by atoms with Crippen LogP contribution in [0.4, 0.5) is 0 Å². The Balaban J connectivity index is 1.83. The van der Waals surface area contributed by atoms with Gasteiger partial charge in [-0.05, 0) is 11.8 Å². The second-order valence-electron chi connectivity index (χ2n) is 6.15. The molecule has 2 aliphatic heterocycles. The number of aryl methyl sites for hydroxylation is 1. The Morgan fingerprint density at radius 1 is 1.57 bits per heavy atom. The topological polar surface area (TPSA) is 159 Å². The number of amides is 2. The first-order valence-electron chi connectivity index (χ1n) is 8.42. The number of nitrogens with one attached hydrogen (secondary N) is 1. The van der Waals surface area contributed by atoms with Crippen LogP contribution in [0.3, 0.4) is 0 Å². The maximum atomic E-state index is 13.0. The average molecular weight is 472 g/mol. The number of aliphatic carboxylic acids is 1. The molecule has 0 aromatic carbocycles. The maximum absolute atomic E-state index is 13.0. The zero-order valence-electron chi connectivity index (χ0n) is 16.1. The molecule has 2 aliphatic rings. The van der Waals surface area contributed by atoms with E-state index in [-0.39, 0.29) is 11.4 Å². The number of fused-ring (bicyclic) bond motifs is 1. The van der Waals surface area contributed by atoms with Gasteiger partial charge in [0.15, 0.2) is 5.25 Å². The summed E-state index contributed by atoms with van der Waals surface area (Å²) >= 11 is 3.45. The molecule has 2 N–H and O–H groups in total. The highest BCUT2D eigenvalue weighted by Crippen LogP contribution is 2.47. The largest absolute Gasteiger partial charge is 0.477 e. The zero-order valence-corrected chi connectivity index (χ0v) is 18.5. The molecule has 0 saturated carbocycles. The molecule has 0 bridgehead atoms. The number of thioether (sulfide) groups is 3. The minimum absolute atomic E-state index is 0.156. The van der Waals surface area contributed by atoms with Crippen molar-refractivity contribution >= 4 is 53.1 Å². The lowest BCUT2D eigenvalue weighted by Crippen LogP contribution is -2.81. The fraction of sp³-hybridized carbons (Fsp3) is 0.500. The third-order valence-corrected chi connectivity index (χ3v) is 7.48. The van der Waals surface area contributed by atoms with E-state index in [1.165, 1.54) is 30.6 Å². The Kier molecular flexibility index (Phi) is 6.65. The molecule has 3 rings (SSSR count). The normalized spacial score (nSPS) is 24.0. The van der Waals surface area contributed by atoms with Crippen molar-refractivity contribution in [2.75, 3.05) is 24.9 Å². The van der Waals surface area contributed by atoms with Crippen LogP contribution in [0.2, 0.25) is 0 Å². The van der Waals surface area contributed by atoms with Gasteiger partial charge in [-0.3, -0.25) is 14.5 Å². The molecular weight excluding hydrogens is 454 g/mol. The molecule has 0 radical (unpaired) electrons. The molecule has 2 amide bonds. The highest BCUT2D eigenvalue weighted by Gasteiger charge is 2.66. The Labute approximate surface area is 184 Å². The van der Waals surface area contributed by atoms with E-state index < -0.39 is 34.1 Å². The second-order valence-corrected chi connectivity index (χ2v) is 9.08. The molecular formula is C16H17N5O6S3. The molecule has 1 aromatic heterocycles. The van der Waals surface area contributed by atoms with E-state index in [1.807, 2.05) is 6.07 Å². The molecule has 3 atom stereocenters. The van der Waals surface area contributed by atoms with Gasteiger partial charge < -0.3 is 19.6 Å². The fourth-order valence-electron chi connectivity index (χ4n) is 3.01. The molecule has 0 spiro atoms. The van der Waals surface area contributed by atoms with Crippen molar-refractivity contribution in [3.8, 4) is 6.07 Å². The lowest BCUT2D eigenvalue weighted by molar-refractivity contribution is -0.192. The highest BCUT2D eigenvalue weighted by atomic mass is 32.2. The molecule has 14 heteroatoms. The first-order valence-corrected chi connectivity index (χ1v) is 11.7. The summed E-state index contributed by atoms with van der Waals surface area (Å²) in [4.78, 5) is 38.4. The summed E-state index contributed by atoms with van der Waals surface area (Å²) < 4.78 is 10.6. The van der Waals surface area contributed by atoms with Gasteiger partial charge in [0.2, 0.25) is 11.8 Å². The molecule has 11 nitrogen and oxygen atoms in total. The van der Waals surface area contributed by atoms with Crippen molar-refractivity contribution in [3.05, 3.63) is 17.2 Å². The lowest BCUT2D eigenvalue weighted by Gasteiger charge is -2.55. The smallest absolute Gasteiger partial charge is 0.352 e. The van der Waals surface area contributed by atoms with Crippen LogP contribution >= 0.6 is 35.3 Å². The first kappa shape index (κ1) is 22.5. The number of carbonyl (C=O) groups is 3. The quantitative estimate of drug-likeness (QED) is 0.306. The molecule has 1 aromatic rings. The number of carboxylic acids is 1. The van der Waals surface area contributed by atoms with Crippen molar-refractivity contribution in [2.45, 2.75) is 28.5 Å². The minimum Gasteiger partial charge on any atom is -0.477 e. The number of nitriles is 1. The second kappa shape index (κ2) is 8.88. The molecule has 0 aliphatic carbocycles. The predicted molar refractivity (Wildman–Crippen MR) is 108 cm³/mol. The van der Waals surface area contributed by atoms with Gasteiger partial charge in [-0.1, -0.05) is 11.8 Å². The van der Waals surface area contributed by atoms with Crippen molar-refractivity contribution in [2.24, 2.45) is 0 Å². The molecule has 30 heavy (non-hydrogen) atoms. The Hall–Kier alpha value is -2.21. The van der Waals surface area contributed by atoms with E-state index in [1.54, 1.807) is 13.2 Å². The predicted octanol–water partition coefficient (Wildman–Crippen LogP) is 0.438. The van der Waals surface area contributed by atoms with E-state index in [0.717, 1.165) is 16.7 Å². The molecule has 1 fully saturated rings. The molecule has 1 unspecified atom stereocenters.